The molecule has 3 fully saturated rings. The van der Waals surface area contributed by atoms with Crippen LogP contribution in [0.25, 0.3) is 0 Å². The Hall–Kier alpha value is -0.0400. The highest BCUT2D eigenvalue weighted by Gasteiger charge is 2.34. The van der Waals surface area contributed by atoms with Gasteiger partial charge in [-0.05, 0) is 37.6 Å². The third-order valence-electron chi connectivity index (χ3n) is 3.74. The van der Waals surface area contributed by atoms with Gasteiger partial charge in [0.15, 0.2) is 0 Å². The zero-order valence-corrected chi connectivity index (χ0v) is 8.18. The van der Waals surface area contributed by atoms with E-state index in [0.717, 1.165) is 17.9 Å². The fourth-order valence-electron chi connectivity index (χ4n) is 2.92. The van der Waals surface area contributed by atoms with E-state index in [2.05, 4.69) is 12.2 Å². The van der Waals surface area contributed by atoms with Crippen molar-refractivity contribution in [2.75, 3.05) is 6.54 Å². The normalized spacial score (nSPS) is 40.2. The largest absolute Gasteiger partial charge is 0.314 e. The van der Waals surface area contributed by atoms with Gasteiger partial charge in [-0.1, -0.05) is 26.2 Å². The molecule has 2 aliphatic heterocycles. The van der Waals surface area contributed by atoms with Crippen LogP contribution in [0, 0.1) is 11.8 Å². The average Bonchev–Trinajstić information content (AvgIpc) is 2.17. The molecule has 3 atom stereocenters. The molecule has 0 aromatic heterocycles. The van der Waals surface area contributed by atoms with Crippen LogP contribution < -0.4 is 5.32 Å². The van der Waals surface area contributed by atoms with E-state index in [9.17, 15) is 0 Å². The molecule has 2 saturated heterocycles. The number of piperidine rings is 2. The summed E-state index contributed by atoms with van der Waals surface area (Å²) >= 11 is 0. The van der Waals surface area contributed by atoms with E-state index >= 15 is 0 Å². The summed E-state index contributed by atoms with van der Waals surface area (Å²) in [6, 6.07) is 0.886. The van der Waals surface area contributed by atoms with E-state index < -0.39 is 0 Å². The van der Waals surface area contributed by atoms with Crippen molar-refractivity contribution < 1.29 is 0 Å². The average molecular weight is 167 g/mol. The molecule has 2 bridgehead atoms. The van der Waals surface area contributed by atoms with Crippen LogP contribution in [-0.2, 0) is 0 Å². The van der Waals surface area contributed by atoms with E-state index in [4.69, 9.17) is 0 Å². The first-order chi connectivity index (χ1) is 5.90. The van der Waals surface area contributed by atoms with Crippen molar-refractivity contribution in [2.24, 2.45) is 11.8 Å². The molecule has 1 N–H and O–H groups in total. The first kappa shape index (κ1) is 8.55. The SMILES string of the molecule is CCCC[C@H]1C[C@H]2CC[C@@H]1CN2. The van der Waals surface area contributed by atoms with Crippen LogP contribution in [0.15, 0.2) is 0 Å². The molecule has 1 nitrogen and oxygen atoms in total. The maximum atomic E-state index is 3.62. The third-order valence-corrected chi connectivity index (χ3v) is 3.74. The smallest absolute Gasteiger partial charge is 0.00700 e. The molecule has 1 aliphatic carbocycles. The minimum Gasteiger partial charge on any atom is -0.314 e. The van der Waals surface area contributed by atoms with Crippen LogP contribution in [0.5, 0.6) is 0 Å². The summed E-state index contributed by atoms with van der Waals surface area (Å²) in [5.41, 5.74) is 0. The van der Waals surface area contributed by atoms with Gasteiger partial charge < -0.3 is 5.32 Å². The quantitative estimate of drug-likeness (QED) is 0.681. The number of nitrogens with one attached hydrogen (secondary N) is 1. The number of hydrogen-bond acceptors (Lipinski definition) is 1. The van der Waals surface area contributed by atoms with Crippen molar-refractivity contribution in [1.29, 1.82) is 0 Å². The summed E-state index contributed by atoms with van der Waals surface area (Å²) < 4.78 is 0. The van der Waals surface area contributed by atoms with Crippen LogP contribution in [0.4, 0.5) is 0 Å². The topological polar surface area (TPSA) is 12.0 Å². The zero-order valence-electron chi connectivity index (χ0n) is 8.18. The first-order valence-corrected chi connectivity index (χ1v) is 5.63. The van der Waals surface area contributed by atoms with Gasteiger partial charge in [0.1, 0.15) is 0 Å². The molecule has 1 heteroatoms. The Balaban J connectivity index is 1.82. The lowest BCUT2D eigenvalue weighted by atomic mass is 9.71. The molecule has 0 spiro atoms. The van der Waals surface area contributed by atoms with Gasteiger partial charge in [0, 0.05) is 6.04 Å². The van der Waals surface area contributed by atoms with Gasteiger partial charge in [-0.2, -0.15) is 0 Å². The molecule has 0 aromatic rings. The second-order valence-electron chi connectivity index (χ2n) is 4.58. The van der Waals surface area contributed by atoms with Crippen molar-refractivity contribution in [3.8, 4) is 0 Å². The standard InChI is InChI=1S/C11H21N/c1-2-3-4-9-7-11-6-5-10(9)8-12-11/h9-12H,2-8H2,1H3/t9-,10+,11+/m0/s1. The Labute approximate surface area is 75.9 Å². The maximum Gasteiger partial charge on any atom is 0.00700 e. The van der Waals surface area contributed by atoms with E-state index in [1.807, 2.05) is 0 Å². The number of rotatable bonds is 3. The summed E-state index contributed by atoms with van der Waals surface area (Å²) in [5, 5.41) is 3.62. The Morgan fingerprint density at radius 1 is 1.33 bits per heavy atom. The molecule has 3 aliphatic rings. The molecule has 70 valence electrons. The number of unbranched alkanes of at least 4 members (excludes halogenated alkanes) is 1. The molecule has 12 heavy (non-hydrogen) atoms. The molecule has 2 heterocycles. The van der Waals surface area contributed by atoms with Crippen LogP contribution in [0.3, 0.4) is 0 Å². The molecular formula is C11H21N. The summed E-state index contributed by atoms with van der Waals surface area (Å²) in [6.45, 7) is 3.62. The molecule has 0 unspecified atom stereocenters. The minimum atomic E-state index is 0.886. The lowest BCUT2D eigenvalue weighted by molar-refractivity contribution is 0.123. The minimum absolute atomic E-state index is 0.886. The van der Waals surface area contributed by atoms with Gasteiger partial charge >= 0.3 is 0 Å². The highest BCUT2D eigenvalue weighted by atomic mass is 14.9. The molecule has 0 aromatic carbocycles. The van der Waals surface area contributed by atoms with Crippen molar-refractivity contribution >= 4 is 0 Å². The molecule has 1 saturated carbocycles. The van der Waals surface area contributed by atoms with Crippen LogP contribution in [0.1, 0.15) is 45.4 Å². The molecular weight excluding hydrogens is 146 g/mol. The van der Waals surface area contributed by atoms with E-state index in [0.29, 0.717) is 0 Å². The van der Waals surface area contributed by atoms with Crippen LogP contribution >= 0.6 is 0 Å². The second-order valence-corrected chi connectivity index (χ2v) is 4.58. The third kappa shape index (κ3) is 1.66. The van der Waals surface area contributed by atoms with Crippen LogP contribution in [-0.4, -0.2) is 12.6 Å². The first-order valence-electron chi connectivity index (χ1n) is 5.63. The lowest BCUT2D eigenvalue weighted by Gasteiger charge is -2.43. The predicted molar refractivity (Wildman–Crippen MR) is 52.1 cm³/mol. The van der Waals surface area contributed by atoms with Crippen LogP contribution in [0.2, 0.25) is 0 Å². The maximum absolute atomic E-state index is 3.62. The summed E-state index contributed by atoms with van der Waals surface area (Å²) in [4.78, 5) is 0. The summed E-state index contributed by atoms with van der Waals surface area (Å²) in [7, 11) is 0. The molecule has 0 amide bonds. The molecule has 3 rings (SSSR count). The highest BCUT2D eigenvalue weighted by molar-refractivity contribution is 4.90. The van der Waals surface area contributed by atoms with E-state index in [1.165, 1.54) is 45.1 Å². The Morgan fingerprint density at radius 2 is 2.25 bits per heavy atom. The number of hydrogen-bond donors (Lipinski definition) is 1. The van der Waals surface area contributed by atoms with Gasteiger partial charge in [0.05, 0.1) is 0 Å². The lowest BCUT2D eigenvalue weighted by Crippen LogP contribution is -2.48. The van der Waals surface area contributed by atoms with Gasteiger partial charge in [0.25, 0.3) is 0 Å². The van der Waals surface area contributed by atoms with E-state index in [-0.39, 0.29) is 0 Å². The Morgan fingerprint density at radius 3 is 2.75 bits per heavy atom. The Bertz CT molecular complexity index is 136. The predicted octanol–water partition coefficient (Wildman–Crippen LogP) is 2.56. The van der Waals surface area contributed by atoms with Gasteiger partial charge in [-0.25, -0.2) is 0 Å². The van der Waals surface area contributed by atoms with Gasteiger partial charge in [-0.15, -0.1) is 0 Å². The van der Waals surface area contributed by atoms with Crippen molar-refractivity contribution in [2.45, 2.75) is 51.5 Å². The van der Waals surface area contributed by atoms with Crippen molar-refractivity contribution in [3.63, 3.8) is 0 Å². The molecule has 0 radical (unpaired) electrons. The van der Waals surface area contributed by atoms with E-state index in [1.54, 1.807) is 0 Å². The van der Waals surface area contributed by atoms with Crippen molar-refractivity contribution in [1.82, 2.24) is 5.32 Å². The fraction of sp³-hybridized carbons (Fsp3) is 1.00. The highest BCUT2D eigenvalue weighted by Crippen LogP contribution is 2.36. The number of fused-ring (bicyclic) bond motifs is 3. The zero-order chi connectivity index (χ0) is 8.39. The Kier molecular flexibility index (Phi) is 2.69. The van der Waals surface area contributed by atoms with Gasteiger partial charge in [-0.3, -0.25) is 0 Å². The summed E-state index contributed by atoms with van der Waals surface area (Å²) in [6.07, 6.45) is 8.76. The second kappa shape index (κ2) is 3.78. The van der Waals surface area contributed by atoms with Crippen molar-refractivity contribution in [3.05, 3.63) is 0 Å². The summed E-state index contributed by atoms with van der Waals surface area (Å²) in [5.74, 6) is 2.10. The monoisotopic (exact) mass is 167 g/mol. The fourth-order valence-corrected chi connectivity index (χ4v) is 2.92. The van der Waals surface area contributed by atoms with Gasteiger partial charge in [0.2, 0.25) is 0 Å².